The van der Waals surface area contributed by atoms with E-state index in [1.807, 2.05) is 43.3 Å². The molecule has 3 aromatic carbocycles. The van der Waals surface area contributed by atoms with Crippen LogP contribution in [0.15, 0.2) is 66.3 Å². The van der Waals surface area contributed by atoms with Crippen LogP contribution < -0.4 is 9.47 Å². The molecular formula is C26H24FNO5. The molecule has 0 atom stereocenters. The van der Waals surface area contributed by atoms with Crippen molar-refractivity contribution in [3.8, 4) is 22.6 Å². The van der Waals surface area contributed by atoms with Crippen molar-refractivity contribution in [3.05, 3.63) is 89.2 Å². The number of halogens is 1. The molecule has 0 aromatic heterocycles. The van der Waals surface area contributed by atoms with E-state index in [-0.39, 0.29) is 0 Å². The van der Waals surface area contributed by atoms with Gasteiger partial charge in [0.1, 0.15) is 17.3 Å². The van der Waals surface area contributed by atoms with Crippen LogP contribution in [0.5, 0.6) is 11.5 Å². The Labute approximate surface area is 191 Å². The van der Waals surface area contributed by atoms with Crippen LogP contribution in [0.1, 0.15) is 34.0 Å². The second kappa shape index (κ2) is 9.99. The second-order valence-corrected chi connectivity index (χ2v) is 7.29. The predicted molar refractivity (Wildman–Crippen MR) is 125 cm³/mol. The summed E-state index contributed by atoms with van der Waals surface area (Å²) >= 11 is 0. The summed E-state index contributed by atoms with van der Waals surface area (Å²) in [6.45, 7) is 7.52. The molecule has 0 saturated carbocycles. The number of hydrogen-bond donors (Lipinski definition) is 1. The highest BCUT2D eigenvalue weighted by atomic mass is 19.1. The molecule has 6 nitrogen and oxygen atoms in total. The van der Waals surface area contributed by atoms with Crippen LogP contribution in [-0.4, -0.2) is 31.0 Å². The number of rotatable bonds is 8. The maximum absolute atomic E-state index is 13.9. The molecule has 0 spiro atoms. The number of carboxylic acids is 1. The van der Waals surface area contributed by atoms with Crippen molar-refractivity contribution in [1.29, 1.82) is 0 Å². The third-order valence-corrected chi connectivity index (χ3v) is 5.16. The molecule has 0 saturated heterocycles. The molecule has 33 heavy (non-hydrogen) atoms. The third kappa shape index (κ3) is 5.20. The zero-order valence-corrected chi connectivity index (χ0v) is 18.8. The summed E-state index contributed by atoms with van der Waals surface area (Å²) in [5, 5.41) is 13.0. The molecule has 3 rings (SSSR count). The van der Waals surface area contributed by atoms with Gasteiger partial charge in [-0.05, 0) is 61.4 Å². The number of methoxy groups -OCH3 is 2. The lowest BCUT2D eigenvalue weighted by molar-refractivity contribution is 0.0692. The first-order chi connectivity index (χ1) is 15.7. The molecule has 3 aromatic rings. The van der Waals surface area contributed by atoms with Crippen LogP contribution >= 0.6 is 0 Å². The number of aromatic carboxylic acids is 1. The van der Waals surface area contributed by atoms with Gasteiger partial charge in [-0.3, -0.25) is 0 Å². The fraction of sp³-hybridized carbons (Fsp3) is 0.154. The van der Waals surface area contributed by atoms with E-state index in [2.05, 4.69) is 11.7 Å². The first-order valence-electron chi connectivity index (χ1n) is 10.0. The van der Waals surface area contributed by atoms with E-state index < -0.39 is 17.3 Å². The van der Waals surface area contributed by atoms with E-state index in [0.29, 0.717) is 17.0 Å². The van der Waals surface area contributed by atoms with Crippen molar-refractivity contribution >= 4 is 17.4 Å². The Morgan fingerprint density at radius 3 is 2.30 bits per heavy atom. The topological polar surface area (TPSA) is 77.4 Å². The van der Waals surface area contributed by atoms with Crippen LogP contribution in [0.25, 0.3) is 16.9 Å². The number of aryl methyl sites for hydroxylation is 1. The smallest absolute Gasteiger partial charge is 0.338 e. The van der Waals surface area contributed by atoms with Crippen molar-refractivity contribution in [2.24, 2.45) is 5.16 Å². The molecule has 1 N–H and O–H groups in total. The quantitative estimate of drug-likeness (QED) is 0.262. The van der Waals surface area contributed by atoms with E-state index in [9.17, 15) is 9.18 Å². The van der Waals surface area contributed by atoms with E-state index in [4.69, 9.17) is 19.4 Å². The number of carboxylic acid groups (broad SMARTS) is 1. The Bertz CT molecular complexity index is 1250. The number of ether oxygens (including phenoxy) is 2. The summed E-state index contributed by atoms with van der Waals surface area (Å²) in [6.07, 6.45) is 0. The number of oxime groups is 1. The Morgan fingerprint density at radius 2 is 1.70 bits per heavy atom. The first kappa shape index (κ1) is 23.5. The highest BCUT2D eigenvalue weighted by Crippen LogP contribution is 2.36. The lowest BCUT2D eigenvalue weighted by Crippen LogP contribution is -2.03. The summed E-state index contributed by atoms with van der Waals surface area (Å²) in [5.41, 5.74) is 3.94. The molecule has 0 heterocycles. The number of nitrogens with zero attached hydrogens (tertiary/aromatic N) is 1. The Balaban J connectivity index is 1.81. The van der Waals surface area contributed by atoms with Gasteiger partial charge in [0.2, 0.25) is 0 Å². The minimum absolute atomic E-state index is 0.309. The fourth-order valence-electron chi connectivity index (χ4n) is 3.31. The minimum atomic E-state index is -1.33. The van der Waals surface area contributed by atoms with Gasteiger partial charge in [0.25, 0.3) is 0 Å². The van der Waals surface area contributed by atoms with E-state index in [0.717, 1.165) is 39.8 Å². The minimum Gasteiger partial charge on any atom is -0.497 e. The number of carbonyl (C=O) groups is 1. The van der Waals surface area contributed by atoms with Gasteiger partial charge < -0.3 is 19.4 Å². The van der Waals surface area contributed by atoms with E-state index in [1.165, 1.54) is 12.1 Å². The van der Waals surface area contributed by atoms with Gasteiger partial charge >= 0.3 is 5.97 Å². The molecule has 0 aliphatic rings. The largest absolute Gasteiger partial charge is 0.497 e. The Morgan fingerprint density at radius 1 is 0.970 bits per heavy atom. The summed E-state index contributed by atoms with van der Waals surface area (Å²) in [6, 6.07) is 15.1. The second-order valence-electron chi connectivity index (χ2n) is 7.29. The Kier molecular flexibility index (Phi) is 7.13. The molecule has 0 unspecified atom stereocenters. The molecule has 7 heteroatoms. The SMILES string of the molecule is C=C(O/N=C(\C)c1ccc(C(=O)O)c(F)c1)c1ccc(-c2cc(OC)ccc2OC)c(C)c1. The van der Waals surface area contributed by atoms with Crippen LogP contribution in [0.2, 0.25) is 0 Å². The van der Waals surface area contributed by atoms with E-state index in [1.54, 1.807) is 21.1 Å². The zero-order valence-electron chi connectivity index (χ0n) is 18.8. The maximum Gasteiger partial charge on any atom is 0.338 e. The number of hydrogen-bond acceptors (Lipinski definition) is 5. The maximum atomic E-state index is 13.9. The highest BCUT2D eigenvalue weighted by molar-refractivity contribution is 5.99. The third-order valence-electron chi connectivity index (χ3n) is 5.16. The van der Waals surface area contributed by atoms with Gasteiger partial charge in [0, 0.05) is 16.7 Å². The van der Waals surface area contributed by atoms with Crippen molar-refractivity contribution in [1.82, 2.24) is 0 Å². The first-order valence-corrected chi connectivity index (χ1v) is 10.0. The summed E-state index contributed by atoms with van der Waals surface area (Å²) in [5.74, 6) is -0.414. The lowest BCUT2D eigenvalue weighted by atomic mass is 9.97. The highest BCUT2D eigenvalue weighted by Gasteiger charge is 2.13. The van der Waals surface area contributed by atoms with Crippen molar-refractivity contribution in [2.45, 2.75) is 13.8 Å². The van der Waals surface area contributed by atoms with Gasteiger partial charge in [-0.1, -0.05) is 29.9 Å². The lowest BCUT2D eigenvalue weighted by Gasteiger charge is -2.14. The zero-order chi connectivity index (χ0) is 24.1. The van der Waals surface area contributed by atoms with Gasteiger partial charge in [0.15, 0.2) is 5.76 Å². The van der Waals surface area contributed by atoms with Crippen LogP contribution in [-0.2, 0) is 4.84 Å². The Hall–Kier alpha value is -4.13. The fourth-order valence-corrected chi connectivity index (χ4v) is 3.31. The summed E-state index contributed by atoms with van der Waals surface area (Å²) < 4.78 is 24.8. The molecule has 0 amide bonds. The van der Waals surface area contributed by atoms with Crippen LogP contribution in [0.3, 0.4) is 0 Å². The average Bonchev–Trinajstić information content (AvgIpc) is 2.81. The van der Waals surface area contributed by atoms with Crippen LogP contribution in [0.4, 0.5) is 4.39 Å². The molecule has 170 valence electrons. The molecule has 0 aliphatic carbocycles. The van der Waals surface area contributed by atoms with Crippen molar-refractivity contribution in [2.75, 3.05) is 14.2 Å². The molecule has 0 fully saturated rings. The molecule has 0 radical (unpaired) electrons. The average molecular weight is 449 g/mol. The van der Waals surface area contributed by atoms with Gasteiger partial charge in [-0.25, -0.2) is 9.18 Å². The molecular weight excluding hydrogens is 425 g/mol. The summed E-state index contributed by atoms with van der Waals surface area (Å²) in [7, 11) is 3.23. The van der Waals surface area contributed by atoms with E-state index >= 15 is 0 Å². The molecule has 0 aliphatic heterocycles. The van der Waals surface area contributed by atoms with Crippen molar-refractivity contribution in [3.63, 3.8) is 0 Å². The predicted octanol–water partition coefficient (Wildman–Crippen LogP) is 5.93. The monoisotopic (exact) mass is 449 g/mol. The van der Waals surface area contributed by atoms with Gasteiger partial charge in [-0.15, -0.1) is 0 Å². The normalized spacial score (nSPS) is 11.1. The standard InChI is InChI=1S/C26H24FNO5/c1-15-12-19(7-9-21(15)23-14-20(31-4)8-11-25(23)32-5)17(3)33-28-16(2)18-6-10-22(26(29)30)24(27)13-18/h6-14H,3H2,1-2,4-5H3,(H,29,30)/b28-16+. The summed E-state index contributed by atoms with van der Waals surface area (Å²) in [4.78, 5) is 16.4. The number of benzene rings is 3. The van der Waals surface area contributed by atoms with Gasteiger partial charge in [-0.2, -0.15) is 0 Å². The van der Waals surface area contributed by atoms with Crippen molar-refractivity contribution < 1.29 is 28.6 Å². The van der Waals surface area contributed by atoms with Crippen LogP contribution in [0, 0.1) is 12.7 Å². The molecule has 0 bridgehead atoms. The van der Waals surface area contributed by atoms with Gasteiger partial charge in [0.05, 0.1) is 25.5 Å².